The smallest absolute Gasteiger partial charge is 0.192 e. The van der Waals surface area contributed by atoms with E-state index in [2.05, 4.69) is 56.7 Å². The van der Waals surface area contributed by atoms with Crippen LogP contribution in [-0.4, -0.2) is 19.8 Å². The fraction of sp³-hybridized carbons (Fsp3) is 1.00. The molecule has 116 valence electrons. The van der Waals surface area contributed by atoms with E-state index in [1.165, 1.54) is 38.5 Å². The molecule has 0 bridgehead atoms. The topological polar surface area (TPSA) is 9.23 Å². The Kier molecular flexibility index (Phi) is 9.90. The molecule has 0 saturated heterocycles. The largest absolute Gasteiger partial charge is 0.414 e. The van der Waals surface area contributed by atoms with Crippen LogP contribution >= 0.6 is 15.9 Å². The molecule has 0 aliphatic heterocycles. The van der Waals surface area contributed by atoms with E-state index >= 15 is 0 Å². The number of unbranched alkanes of at least 4 members (excludes halogenated alkanes) is 4. The zero-order valence-corrected chi connectivity index (χ0v) is 16.6. The minimum Gasteiger partial charge on any atom is -0.414 e. The fourth-order valence-electron chi connectivity index (χ4n) is 1.94. The molecule has 1 atom stereocenters. The highest BCUT2D eigenvalue weighted by Crippen LogP contribution is 2.38. The summed E-state index contributed by atoms with van der Waals surface area (Å²) in [7, 11) is -1.58. The van der Waals surface area contributed by atoms with Gasteiger partial charge in [0, 0.05) is 11.4 Å². The van der Waals surface area contributed by atoms with Crippen molar-refractivity contribution in [2.24, 2.45) is 0 Å². The molecule has 0 radical (unpaired) electrons. The van der Waals surface area contributed by atoms with E-state index in [1.54, 1.807) is 0 Å². The molecule has 0 N–H and O–H groups in total. The minimum atomic E-state index is -1.58. The lowest BCUT2D eigenvalue weighted by molar-refractivity contribution is 0.163. The van der Waals surface area contributed by atoms with Gasteiger partial charge in [-0.15, -0.1) is 0 Å². The van der Waals surface area contributed by atoms with Crippen LogP contribution in [0.5, 0.6) is 0 Å². The lowest BCUT2D eigenvalue weighted by atomic mass is 10.1. The molecule has 0 rings (SSSR count). The van der Waals surface area contributed by atoms with Crippen molar-refractivity contribution in [1.82, 2.24) is 0 Å². The Morgan fingerprint density at radius 2 is 1.53 bits per heavy atom. The van der Waals surface area contributed by atoms with Crippen molar-refractivity contribution in [1.29, 1.82) is 0 Å². The quantitative estimate of drug-likeness (QED) is 0.247. The summed E-state index contributed by atoms with van der Waals surface area (Å²) < 4.78 is 6.51. The maximum Gasteiger partial charge on any atom is 0.192 e. The molecule has 1 unspecified atom stereocenters. The average molecular weight is 351 g/mol. The molecule has 0 fully saturated rings. The molecule has 3 heteroatoms. The molecule has 0 aromatic rings. The van der Waals surface area contributed by atoms with Gasteiger partial charge in [0.05, 0.1) is 0 Å². The average Bonchev–Trinajstić information content (AvgIpc) is 2.30. The normalized spacial score (nSPS) is 14.7. The van der Waals surface area contributed by atoms with Gasteiger partial charge in [-0.2, -0.15) is 0 Å². The van der Waals surface area contributed by atoms with Crippen LogP contribution in [0.1, 0.15) is 72.6 Å². The third-order valence-electron chi connectivity index (χ3n) is 4.38. The molecule has 19 heavy (non-hydrogen) atoms. The Balaban J connectivity index is 3.95. The third kappa shape index (κ3) is 8.51. The predicted molar refractivity (Wildman–Crippen MR) is 93.9 cm³/mol. The van der Waals surface area contributed by atoms with Crippen molar-refractivity contribution in [3.63, 3.8) is 0 Å². The van der Waals surface area contributed by atoms with Crippen molar-refractivity contribution >= 4 is 24.2 Å². The molecule has 0 aromatic carbocycles. The maximum absolute atomic E-state index is 6.51. The molecule has 0 heterocycles. The summed E-state index contributed by atoms with van der Waals surface area (Å²) in [6.45, 7) is 14.0. The van der Waals surface area contributed by atoms with Gasteiger partial charge in [-0.25, -0.2) is 0 Å². The lowest BCUT2D eigenvalue weighted by Crippen LogP contribution is -2.43. The zero-order valence-electron chi connectivity index (χ0n) is 14.0. The van der Waals surface area contributed by atoms with E-state index in [1.807, 2.05) is 0 Å². The Labute approximate surface area is 131 Å². The molecule has 0 spiro atoms. The second kappa shape index (κ2) is 9.57. The van der Waals surface area contributed by atoms with Crippen LogP contribution in [0.15, 0.2) is 0 Å². The van der Waals surface area contributed by atoms with Crippen LogP contribution in [0, 0.1) is 0 Å². The van der Waals surface area contributed by atoms with Gasteiger partial charge in [0.15, 0.2) is 8.32 Å². The van der Waals surface area contributed by atoms with Gasteiger partial charge >= 0.3 is 0 Å². The molecular weight excluding hydrogens is 316 g/mol. The molecule has 0 amide bonds. The Bertz CT molecular complexity index is 223. The van der Waals surface area contributed by atoms with Crippen LogP contribution in [0.3, 0.4) is 0 Å². The van der Waals surface area contributed by atoms with Crippen LogP contribution in [0.4, 0.5) is 0 Å². The van der Waals surface area contributed by atoms with E-state index in [-0.39, 0.29) is 0 Å². The standard InChI is InChI=1S/C16H35BrOSi/c1-7-15(13-11-9-8-10-12-14-17)18-19(5,6)16(2,3)4/h15H,7-14H2,1-6H3. The fourth-order valence-corrected chi connectivity index (χ4v) is 3.80. The van der Waals surface area contributed by atoms with Crippen molar-refractivity contribution in [3.05, 3.63) is 0 Å². The maximum atomic E-state index is 6.51. The van der Waals surface area contributed by atoms with E-state index < -0.39 is 8.32 Å². The first-order valence-electron chi connectivity index (χ1n) is 7.98. The Morgan fingerprint density at radius 1 is 1.00 bits per heavy atom. The van der Waals surface area contributed by atoms with Crippen LogP contribution in [0.2, 0.25) is 18.1 Å². The molecule has 1 nitrogen and oxygen atoms in total. The summed E-state index contributed by atoms with van der Waals surface area (Å²) in [6.07, 6.45) is 9.65. The highest BCUT2D eigenvalue weighted by Gasteiger charge is 2.38. The molecule has 0 aliphatic carbocycles. The second-order valence-corrected chi connectivity index (χ2v) is 12.7. The van der Waals surface area contributed by atoms with E-state index in [9.17, 15) is 0 Å². The molecular formula is C16H35BrOSi. The lowest BCUT2D eigenvalue weighted by Gasteiger charge is -2.39. The SMILES string of the molecule is CCC(CCCCCCCBr)O[Si](C)(C)C(C)(C)C. The molecule has 0 aromatic heterocycles. The summed E-state index contributed by atoms with van der Waals surface area (Å²) >= 11 is 3.49. The molecule has 0 aliphatic rings. The summed E-state index contributed by atoms with van der Waals surface area (Å²) in [4.78, 5) is 0. The minimum absolute atomic E-state index is 0.330. The van der Waals surface area contributed by atoms with Crippen molar-refractivity contribution in [3.8, 4) is 0 Å². The van der Waals surface area contributed by atoms with E-state index in [4.69, 9.17) is 4.43 Å². The summed E-state index contributed by atoms with van der Waals surface area (Å²) in [5.41, 5.74) is 0. The van der Waals surface area contributed by atoms with Gasteiger partial charge in [-0.3, -0.25) is 0 Å². The first-order chi connectivity index (χ1) is 8.74. The first kappa shape index (κ1) is 19.7. The zero-order chi connectivity index (χ0) is 14.9. The van der Waals surface area contributed by atoms with Gasteiger partial charge in [-0.1, -0.05) is 69.3 Å². The third-order valence-corrected chi connectivity index (χ3v) is 9.48. The number of alkyl halides is 1. The number of hydrogen-bond donors (Lipinski definition) is 0. The van der Waals surface area contributed by atoms with Gasteiger partial charge in [0.1, 0.15) is 0 Å². The van der Waals surface area contributed by atoms with E-state index in [0.29, 0.717) is 11.1 Å². The number of hydrogen-bond acceptors (Lipinski definition) is 1. The van der Waals surface area contributed by atoms with Crippen LogP contribution in [0.25, 0.3) is 0 Å². The summed E-state index contributed by atoms with van der Waals surface area (Å²) in [5.74, 6) is 0. The van der Waals surface area contributed by atoms with Crippen LogP contribution < -0.4 is 0 Å². The number of rotatable bonds is 10. The van der Waals surface area contributed by atoms with Crippen molar-refractivity contribution < 1.29 is 4.43 Å². The predicted octanol–water partition coefficient (Wildman–Crippen LogP) is 6.52. The monoisotopic (exact) mass is 350 g/mol. The molecule has 0 saturated carbocycles. The summed E-state index contributed by atoms with van der Waals surface area (Å²) in [5, 5.41) is 1.48. The highest BCUT2D eigenvalue weighted by atomic mass is 79.9. The van der Waals surface area contributed by atoms with Crippen LogP contribution in [-0.2, 0) is 4.43 Å². The Morgan fingerprint density at radius 3 is 2.00 bits per heavy atom. The van der Waals surface area contributed by atoms with Crippen molar-refractivity contribution in [2.45, 2.75) is 96.9 Å². The van der Waals surface area contributed by atoms with Gasteiger partial charge in [-0.05, 0) is 37.4 Å². The Hall–Kier alpha value is 0.657. The van der Waals surface area contributed by atoms with Gasteiger partial charge in [0.2, 0.25) is 0 Å². The second-order valence-electron chi connectivity index (χ2n) is 7.15. The highest BCUT2D eigenvalue weighted by molar-refractivity contribution is 9.09. The number of halogens is 1. The first-order valence-corrected chi connectivity index (χ1v) is 12.0. The van der Waals surface area contributed by atoms with Crippen molar-refractivity contribution in [2.75, 3.05) is 5.33 Å². The van der Waals surface area contributed by atoms with E-state index in [0.717, 1.165) is 11.8 Å². The summed E-state index contributed by atoms with van der Waals surface area (Å²) in [6, 6.07) is 0. The van der Waals surface area contributed by atoms with Gasteiger partial charge in [0.25, 0.3) is 0 Å². The van der Waals surface area contributed by atoms with Gasteiger partial charge < -0.3 is 4.43 Å².